The summed E-state index contributed by atoms with van der Waals surface area (Å²) >= 11 is 1.26. The van der Waals surface area contributed by atoms with Crippen LogP contribution >= 0.6 is 23.7 Å². The zero-order chi connectivity index (χ0) is 11.8. The average molecular weight is 288 g/mol. The Morgan fingerprint density at radius 1 is 1.47 bits per heavy atom. The lowest BCUT2D eigenvalue weighted by atomic mass is 10.1. The molecular weight excluding hydrogens is 275 g/mol. The van der Waals surface area contributed by atoms with E-state index < -0.39 is 18.4 Å². The minimum absolute atomic E-state index is 0. The van der Waals surface area contributed by atoms with Crippen LogP contribution in [0.25, 0.3) is 0 Å². The highest BCUT2D eigenvalue weighted by molar-refractivity contribution is 7.09. The normalized spacial score (nSPS) is 26.6. The lowest BCUT2D eigenvalue weighted by Crippen LogP contribution is -2.57. The van der Waals surface area contributed by atoms with Gasteiger partial charge in [0, 0.05) is 30.7 Å². The van der Waals surface area contributed by atoms with Crippen LogP contribution in [0.3, 0.4) is 0 Å². The number of alkyl halides is 3. The molecule has 1 N–H and O–H groups in total. The van der Waals surface area contributed by atoms with Gasteiger partial charge in [0.2, 0.25) is 0 Å². The quantitative estimate of drug-likeness (QED) is 0.804. The molecule has 2 atom stereocenters. The summed E-state index contributed by atoms with van der Waals surface area (Å²) < 4.78 is 38.7. The molecule has 0 bridgehead atoms. The highest BCUT2D eigenvalue weighted by Crippen LogP contribution is 2.36. The van der Waals surface area contributed by atoms with Gasteiger partial charge in [-0.3, -0.25) is 0 Å². The molecule has 0 amide bonds. The molecule has 3 nitrogen and oxygen atoms in total. The van der Waals surface area contributed by atoms with Gasteiger partial charge in [0.1, 0.15) is 5.01 Å². The fourth-order valence-corrected chi connectivity index (χ4v) is 2.70. The lowest BCUT2D eigenvalue weighted by Gasteiger charge is -2.40. The van der Waals surface area contributed by atoms with Crippen molar-refractivity contribution < 1.29 is 13.2 Å². The molecule has 8 heteroatoms. The highest BCUT2D eigenvalue weighted by Gasteiger charge is 2.47. The Morgan fingerprint density at radius 2 is 2.18 bits per heavy atom. The fraction of sp³-hybridized carbons (Fsp3) is 0.667. The van der Waals surface area contributed by atoms with Gasteiger partial charge < -0.3 is 5.32 Å². The third-order valence-corrected chi connectivity index (χ3v) is 3.49. The second-order valence-corrected chi connectivity index (χ2v) is 4.69. The van der Waals surface area contributed by atoms with Crippen LogP contribution in [0, 0.1) is 0 Å². The third-order valence-electron chi connectivity index (χ3n) is 2.62. The second-order valence-electron chi connectivity index (χ2n) is 3.77. The minimum Gasteiger partial charge on any atom is -0.313 e. The van der Waals surface area contributed by atoms with Crippen LogP contribution in [0.2, 0.25) is 0 Å². The van der Waals surface area contributed by atoms with Gasteiger partial charge in [0.25, 0.3) is 0 Å². The number of rotatable bonds is 1. The van der Waals surface area contributed by atoms with E-state index in [0.717, 1.165) is 0 Å². The van der Waals surface area contributed by atoms with E-state index in [1.54, 1.807) is 12.3 Å². The van der Waals surface area contributed by atoms with E-state index in [1.165, 1.54) is 17.5 Å². The van der Waals surface area contributed by atoms with Gasteiger partial charge in [-0.25, -0.2) is 4.98 Å². The van der Waals surface area contributed by atoms with Gasteiger partial charge >= 0.3 is 6.30 Å². The SMILES string of the molecule is CC1CNCC(c2nccs2)N1C(F)(F)F.Cl. The summed E-state index contributed by atoms with van der Waals surface area (Å²) in [7, 11) is 0. The molecule has 98 valence electrons. The summed E-state index contributed by atoms with van der Waals surface area (Å²) in [5.74, 6) is 0. The maximum atomic E-state index is 12.9. The molecule has 0 spiro atoms. The molecule has 1 saturated heterocycles. The summed E-state index contributed by atoms with van der Waals surface area (Å²) in [6, 6.07) is -1.27. The van der Waals surface area contributed by atoms with E-state index >= 15 is 0 Å². The van der Waals surface area contributed by atoms with Crippen LogP contribution in [-0.4, -0.2) is 35.3 Å². The monoisotopic (exact) mass is 287 g/mol. The summed E-state index contributed by atoms with van der Waals surface area (Å²) in [5.41, 5.74) is 0. The van der Waals surface area contributed by atoms with Gasteiger partial charge in [0.05, 0.1) is 6.04 Å². The van der Waals surface area contributed by atoms with Crippen molar-refractivity contribution in [3.05, 3.63) is 16.6 Å². The summed E-state index contributed by atoms with van der Waals surface area (Å²) in [6.45, 7) is 2.21. The third kappa shape index (κ3) is 3.09. The Balaban J connectivity index is 0.00000144. The molecule has 0 saturated carbocycles. The number of aromatic nitrogens is 1. The Bertz CT molecular complexity index is 344. The van der Waals surface area contributed by atoms with Crippen LogP contribution in [0.4, 0.5) is 13.2 Å². The number of hydrogen-bond donors (Lipinski definition) is 1. The van der Waals surface area contributed by atoms with Crippen molar-refractivity contribution in [1.29, 1.82) is 0 Å². The number of hydrogen-bond acceptors (Lipinski definition) is 4. The second kappa shape index (κ2) is 5.51. The summed E-state index contributed by atoms with van der Waals surface area (Å²) in [6.07, 6.45) is -2.77. The van der Waals surface area contributed by atoms with Crippen LogP contribution in [0.1, 0.15) is 18.0 Å². The van der Waals surface area contributed by atoms with Crippen LogP contribution in [0.5, 0.6) is 0 Å². The van der Waals surface area contributed by atoms with Gasteiger partial charge in [-0.2, -0.15) is 18.1 Å². The van der Waals surface area contributed by atoms with Gasteiger partial charge in [-0.05, 0) is 6.92 Å². The molecule has 2 heterocycles. The molecule has 1 fully saturated rings. The van der Waals surface area contributed by atoms with E-state index in [-0.39, 0.29) is 19.0 Å². The number of thiazole rings is 1. The van der Waals surface area contributed by atoms with Gasteiger partial charge in [-0.15, -0.1) is 23.7 Å². The predicted octanol–water partition coefficient (Wildman–Crippen LogP) is 2.42. The first-order valence-electron chi connectivity index (χ1n) is 4.95. The van der Waals surface area contributed by atoms with Gasteiger partial charge in [-0.1, -0.05) is 0 Å². The first kappa shape index (κ1) is 14.7. The molecule has 0 radical (unpaired) electrons. The van der Waals surface area contributed by atoms with Crippen molar-refractivity contribution in [2.24, 2.45) is 0 Å². The standard InChI is InChI=1S/C9H12F3N3S.ClH/c1-6-4-13-5-7(8-14-2-3-16-8)15(6)9(10,11)12;/h2-3,6-7,13H,4-5H2,1H3;1H. The molecule has 0 aromatic carbocycles. The van der Waals surface area contributed by atoms with Crippen molar-refractivity contribution in [1.82, 2.24) is 15.2 Å². The van der Waals surface area contributed by atoms with Crippen molar-refractivity contribution in [3.8, 4) is 0 Å². The molecule has 1 aromatic heterocycles. The van der Waals surface area contributed by atoms with Crippen molar-refractivity contribution >= 4 is 23.7 Å². The highest BCUT2D eigenvalue weighted by atomic mass is 35.5. The van der Waals surface area contributed by atoms with E-state index in [4.69, 9.17) is 0 Å². The number of halogens is 4. The smallest absolute Gasteiger partial charge is 0.313 e. The predicted molar refractivity (Wildman–Crippen MR) is 62.3 cm³/mol. The van der Waals surface area contributed by atoms with Crippen molar-refractivity contribution in [3.63, 3.8) is 0 Å². The van der Waals surface area contributed by atoms with Crippen molar-refractivity contribution in [2.75, 3.05) is 13.1 Å². The van der Waals surface area contributed by atoms with E-state index in [2.05, 4.69) is 10.3 Å². The maximum absolute atomic E-state index is 12.9. The van der Waals surface area contributed by atoms with E-state index in [0.29, 0.717) is 16.5 Å². The Kier molecular flexibility index (Phi) is 4.77. The first-order valence-corrected chi connectivity index (χ1v) is 5.83. The Morgan fingerprint density at radius 3 is 2.71 bits per heavy atom. The van der Waals surface area contributed by atoms with E-state index in [9.17, 15) is 13.2 Å². The van der Waals surface area contributed by atoms with Crippen LogP contribution < -0.4 is 5.32 Å². The van der Waals surface area contributed by atoms with Crippen LogP contribution in [-0.2, 0) is 0 Å². The summed E-state index contributed by atoms with van der Waals surface area (Å²) in [4.78, 5) is 4.56. The number of nitrogens with one attached hydrogen (secondary N) is 1. The molecule has 17 heavy (non-hydrogen) atoms. The van der Waals surface area contributed by atoms with E-state index in [1.807, 2.05) is 0 Å². The average Bonchev–Trinajstić information content (AvgIpc) is 2.67. The fourth-order valence-electron chi connectivity index (χ4n) is 1.96. The molecule has 1 aromatic rings. The Hall–Kier alpha value is -0.370. The van der Waals surface area contributed by atoms with Crippen LogP contribution in [0.15, 0.2) is 11.6 Å². The van der Waals surface area contributed by atoms with Crippen molar-refractivity contribution in [2.45, 2.75) is 25.3 Å². The maximum Gasteiger partial charge on any atom is 0.460 e. The first-order chi connectivity index (χ1) is 7.50. The molecular formula is C9H13ClF3N3S. The topological polar surface area (TPSA) is 28.2 Å². The molecule has 1 aliphatic heterocycles. The zero-order valence-corrected chi connectivity index (χ0v) is 10.7. The molecule has 2 rings (SSSR count). The minimum atomic E-state index is -4.31. The number of piperazine rings is 1. The lowest BCUT2D eigenvalue weighted by molar-refractivity contribution is -0.275. The molecule has 1 aliphatic rings. The number of nitrogens with zero attached hydrogens (tertiary/aromatic N) is 2. The molecule has 2 unspecified atom stereocenters. The molecule has 0 aliphatic carbocycles. The summed E-state index contributed by atoms with van der Waals surface area (Å²) in [5, 5.41) is 5.21. The Labute approximate surface area is 107 Å². The van der Waals surface area contributed by atoms with Gasteiger partial charge in [0.15, 0.2) is 0 Å². The zero-order valence-electron chi connectivity index (χ0n) is 9.07. The largest absolute Gasteiger partial charge is 0.460 e.